The summed E-state index contributed by atoms with van der Waals surface area (Å²) in [4.78, 5) is 27.7. The van der Waals surface area contributed by atoms with E-state index in [1.165, 1.54) is 24.2 Å². The second kappa shape index (κ2) is 12.6. The van der Waals surface area contributed by atoms with Crippen molar-refractivity contribution in [3.63, 3.8) is 0 Å². The predicted octanol–water partition coefficient (Wildman–Crippen LogP) is 6.23. The predicted molar refractivity (Wildman–Crippen MR) is 134 cm³/mol. The minimum absolute atomic E-state index is 0.136. The zero-order valence-corrected chi connectivity index (χ0v) is 21.0. The third kappa shape index (κ3) is 7.62. The standard InChI is InChI=1S/C25H29Cl2FN2O2S/c1-17(25(32)29-20-8-3-2-4-9-20)30(14-18-11-12-21(26)22(27)13-18)24(31)16-33-15-19-7-5-6-10-23(19)28/h5-7,10-13,17,20H,2-4,8-9,14-16H2,1H3,(H,29,32). The number of benzene rings is 2. The smallest absolute Gasteiger partial charge is 0.242 e. The molecule has 2 aromatic rings. The van der Waals surface area contributed by atoms with Crippen molar-refractivity contribution in [2.24, 2.45) is 0 Å². The second-order valence-corrected chi connectivity index (χ2v) is 10.2. The van der Waals surface area contributed by atoms with E-state index in [4.69, 9.17) is 23.2 Å². The monoisotopic (exact) mass is 510 g/mol. The number of hydrogen-bond acceptors (Lipinski definition) is 3. The Balaban J connectivity index is 1.68. The number of thioether (sulfide) groups is 1. The first-order valence-electron chi connectivity index (χ1n) is 11.2. The Hall–Kier alpha value is -1.76. The number of nitrogens with one attached hydrogen (secondary N) is 1. The van der Waals surface area contributed by atoms with Gasteiger partial charge < -0.3 is 10.2 Å². The van der Waals surface area contributed by atoms with E-state index in [-0.39, 0.29) is 36.0 Å². The van der Waals surface area contributed by atoms with Gasteiger partial charge in [-0.05, 0) is 49.1 Å². The van der Waals surface area contributed by atoms with Crippen molar-refractivity contribution in [3.05, 3.63) is 69.5 Å². The molecule has 4 nitrogen and oxygen atoms in total. The van der Waals surface area contributed by atoms with Crippen molar-refractivity contribution in [2.45, 2.75) is 63.4 Å². The lowest BCUT2D eigenvalue weighted by molar-refractivity contribution is -0.139. The number of rotatable bonds is 9. The number of carbonyl (C=O) groups is 2. The zero-order valence-electron chi connectivity index (χ0n) is 18.7. The molecule has 2 amide bonds. The second-order valence-electron chi connectivity index (χ2n) is 8.37. The van der Waals surface area contributed by atoms with E-state index in [0.717, 1.165) is 31.2 Å². The highest BCUT2D eigenvalue weighted by molar-refractivity contribution is 7.99. The van der Waals surface area contributed by atoms with Crippen molar-refractivity contribution in [2.75, 3.05) is 5.75 Å². The van der Waals surface area contributed by atoms with Gasteiger partial charge in [-0.3, -0.25) is 9.59 Å². The molecule has 1 unspecified atom stereocenters. The van der Waals surface area contributed by atoms with Crippen LogP contribution in [-0.4, -0.2) is 34.6 Å². The Labute approximate surface area is 209 Å². The van der Waals surface area contributed by atoms with Gasteiger partial charge in [0.1, 0.15) is 11.9 Å². The highest BCUT2D eigenvalue weighted by Gasteiger charge is 2.28. The molecule has 1 aliphatic rings. The molecule has 2 aromatic carbocycles. The number of halogens is 3. The first-order valence-corrected chi connectivity index (χ1v) is 13.1. The molecule has 1 aliphatic carbocycles. The lowest BCUT2D eigenvalue weighted by Crippen LogP contribution is -2.50. The molecular formula is C25H29Cl2FN2O2S. The van der Waals surface area contributed by atoms with Crippen molar-refractivity contribution in [3.8, 4) is 0 Å². The molecule has 0 spiro atoms. The first kappa shape index (κ1) is 25.9. The molecular weight excluding hydrogens is 482 g/mol. The van der Waals surface area contributed by atoms with Crippen molar-refractivity contribution >= 4 is 46.8 Å². The topological polar surface area (TPSA) is 49.4 Å². The van der Waals surface area contributed by atoms with Gasteiger partial charge in [0.15, 0.2) is 0 Å². The van der Waals surface area contributed by atoms with Gasteiger partial charge in [-0.25, -0.2) is 4.39 Å². The molecule has 3 rings (SSSR count). The minimum Gasteiger partial charge on any atom is -0.352 e. The van der Waals surface area contributed by atoms with Gasteiger partial charge in [0.2, 0.25) is 11.8 Å². The van der Waals surface area contributed by atoms with Gasteiger partial charge in [0.25, 0.3) is 0 Å². The minimum atomic E-state index is -0.650. The number of amides is 2. The summed E-state index contributed by atoms with van der Waals surface area (Å²) in [6, 6.07) is 11.2. The normalized spacial score (nSPS) is 15.2. The Morgan fingerprint density at radius 1 is 1.12 bits per heavy atom. The molecule has 0 aromatic heterocycles. The van der Waals surface area contributed by atoms with Gasteiger partial charge in [0, 0.05) is 18.3 Å². The van der Waals surface area contributed by atoms with Crippen LogP contribution in [0.15, 0.2) is 42.5 Å². The van der Waals surface area contributed by atoms with Crippen LogP contribution in [0, 0.1) is 5.82 Å². The molecule has 0 saturated heterocycles. The van der Waals surface area contributed by atoms with Crippen LogP contribution >= 0.6 is 35.0 Å². The Morgan fingerprint density at radius 2 is 1.85 bits per heavy atom. The summed E-state index contributed by atoms with van der Waals surface area (Å²) in [5.41, 5.74) is 1.34. The van der Waals surface area contributed by atoms with Crippen molar-refractivity contribution in [1.82, 2.24) is 10.2 Å². The van der Waals surface area contributed by atoms with E-state index in [0.29, 0.717) is 21.4 Å². The molecule has 1 N–H and O–H groups in total. The summed E-state index contributed by atoms with van der Waals surface area (Å²) in [5.74, 6) is -0.119. The van der Waals surface area contributed by atoms with E-state index in [9.17, 15) is 14.0 Å². The van der Waals surface area contributed by atoms with Gasteiger partial charge in [-0.2, -0.15) is 0 Å². The zero-order chi connectivity index (χ0) is 23.8. The molecule has 1 atom stereocenters. The molecule has 178 valence electrons. The third-order valence-corrected chi connectivity index (χ3v) is 7.60. The summed E-state index contributed by atoms with van der Waals surface area (Å²) in [7, 11) is 0. The van der Waals surface area contributed by atoms with Crippen LogP contribution in [-0.2, 0) is 21.9 Å². The van der Waals surface area contributed by atoms with Crippen LogP contribution in [0.3, 0.4) is 0 Å². The van der Waals surface area contributed by atoms with Crippen LogP contribution in [0.5, 0.6) is 0 Å². The van der Waals surface area contributed by atoms with E-state index < -0.39 is 6.04 Å². The summed E-state index contributed by atoms with van der Waals surface area (Å²) in [6.45, 7) is 1.98. The third-order valence-electron chi connectivity index (χ3n) is 5.90. The Kier molecular flexibility index (Phi) is 9.90. The molecule has 0 heterocycles. The molecule has 1 saturated carbocycles. The fourth-order valence-corrected chi connectivity index (χ4v) is 5.15. The summed E-state index contributed by atoms with van der Waals surface area (Å²) >= 11 is 13.5. The van der Waals surface area contributed by atoms with Crippen LogP contribution in [0.4, 0.5) is 4.39 Å². The maximum atomic E-state index is 13.9. The highest BCUT2D eigenvalue weighted by atomic mass is 35.5. The number of carbonyl (C=O) groups excluding carboxylic acids is 2. The van der Waals surface area contributed by atoms with E-state index in [1.807, 2.05) is 0 Å². The van der Waals surface area contributed by atoms with E-state index >= 15 is 0 Å². The molecule has 33 heavy (non-hydrogen) atoms. The molecule has 8 heteroatoms. The summed E-state index contributed by atoms with van der Waals surface area (Å²) in [6.07, 6.45) is 5.36. The van der Waals surface area contributed by atoms with Crippen LogP contribution in [0.25, 0.3) is 0 Å². The van der Waals surface area contributed by atoms with Crippen LogP contribution < -0.4 is 5.32 Å². The van der Waals surface area contributed by atoms with Crippen molar-refractivity contribution < 1.29 is 14.0 Å². The summed E-state index contributed by atoms with van der Waals surface area (Å²) < 4.78 is 13.9. The van der Waals surface area contributed by atoms with Crippen LogP contribution in [0.1, 0.15) is 50.2 Å². The van der Waals surface area contributed by atoms with Gasteiger partial charge in [-0.15, -0.1) is 11.8 Å². The highest BCUT2D eigenvalue weighted by Crippen LogP contribution is 2.25. The van der Waals surface area contributed by atoms with Gasteiger partial charge >= 0.3 is 0 Å². The van der Waals surface area contributed by atoms with Gasteiger partial charge in [-0.1, -0.05) is 66.7 Å². The summed E-state index contributed by atoms with van der Waals surface area (Å²) in [5, 5.41) is 3.94. The molecule has 0 bridgehead atoms. The molecule has 0 aliphatic heterocycles. The molecule has 1 fully saturated rings. The average molecular weight is 511 g/mol. The maximum Gasteiger partial charge on any atom is 0.242 e. The van der Waals surface area contributed by atoms with E-state index in [1.54, 1.807) is 48.2 Å². The Bertz CT molecular complexity index is 969. The Morgan fingerprint density at radius 3 is 2.55 bits per heavy atom. The number of nitrogens with zero attached hydrogens (tertiary/aromatic N) is 1. The average Bonchev–Trinajstić information content (AvgIpc) is 2.81. The lowest BCUT2D eigenvalue weighted by Gasteiger charge is -2.31. The van der Waals surface area contributed by atoms with Gasteiger partial charge in [0.05, 0.1) is 15.8 Å². The number of hydrogen-bond donors (Lipinski definition) is 1. The fourth-order valence-electron chi connectivity index (χ4n) is 3.93. The fraction of sp³-hybridized carbons (Fsp3) is 0.440. The van der Waals surface area contributed by atoms with E-state index in [2.05, 4.69) is 5.32 Å². The first-order chi connectivity index (χ1) is 15.8. The maximum absolute atomic E-state index is 13.9. The van der Waals surface area contributed by atoms with Crippen molar-refractivity contribution in [1.29, 1.82) is 0 Å². The largest absolute Gasteiger partial charge is 0.352 e. The SMILES string of the molecule is CC(C(=O)NC1CCCCC1)N(Cc1ccc(Cl)c(Cl)c1)C(=O)CSCc1ccccc1F. The lowest BCUT2D eigenvalue weighted by atomic mass is 9.95. The quantitative estimate of drug-likeness (QED) is 0.434. The van der Waals surface area contributed by atoms with Crippen LogP contribution in [0.2, 0.25) is 10.0 Å². The molecule has 0 radical (unpaired) electrons.